The summed E-state index contributed by atoms with van der Waals surface area (Å²) in [5.41, 5.74) is 1.93. The van der Waals surface area contributed by atoms with Crippen LogP contribution in [-0.2, 0) is 9.98 Å². The molecule has 0 amide bonds. The van der Waals surface area contributed by atoms with Crippen molar-refractivity contribution in [3.8, 4) is 5.75 Å². The predicted octanol–water partition coefficient (Wildman–Crippen LogP) is 5.26. The van der Waals surface area contributed by atoms with Crippen molar-refractivity contribution in [2.24, 2.45) is 0 Å². The highest BCUT2D eigenvalue weighted by Gasteiger charge is 2.24. The Kier molecular flexibility index (Phi) is 3.99. The summed E-state index contributed by atoms with van der Waals surface area (Å²) in [6.45, 7) is 8.12. The molecule has 90 valence electrons. The molecule has 0 aliphatic rings. The molecule has 5 heteroatoms. The molecule has 1 aromatic carbocycles. The van der Waals surface area contributed by atoms with Gasteiger partial charge in [0.05, 0.1) is 0 Å². The number of benzene rings is 1. The topological polar surface area (TPSA) is 26.3 Å². The molecule has 0 aliphatic carbocycles. The summed E-state index contributed by atoms with van der Waals surface area (Å²) in [4.78, 5) is 0. The van der Waals surface area contributed by atoms with Crippen molar-refractivity contribution < 1.29 is 9.09 Å². The van der Waals surface area contributed by atoms with Crippen LogP contribution < -0.4 is 4.52 Å². The van der Waals surface area contributed by atoms with Crippen molar-refractivity contribution >= 4 is 28.6 Å². The third-order valence-electron chi connectivity index (χ3n) is 2.15. The van der Waals surface area contributed by atoms with Crippen molar-refractivity contribution in [3.63, 3.8) is 0 Å². The first-order chi connectivity index (χ1) is 7.09. The zero-order valence-electron chi connectivity index (χ0n) is 9.75. The fraction of sp³-hybridized carbons (Fsp3) is 0.455. The Bertz CT molecular complexity index is 432. The van der Waals surface area contributed by atoms with Crippen LogP contribution in [0.1, 0.15) is 31.9 Å². The summed E-state index contributed by atoms with van der Waals surface area (Å²) >= 11 is 10.9. The van der Waals surface area contributed by atoms with E-state index in [1.807, 2.05) is 39.8 Å². The van der Waals surface area contributed by atoms with Crippen molar-refractivity contribution in [2.75, 3.05) is 0 Å². The van der Waals surface area contributed by atoms with E-state index in [1.165, 1.54) is 0 Å². The summed E-state index contributed by atoms with van der Waals surface area (Å²) in [6.07, 6.45) is -3.55. The van der Waals surface area contributed by atoms with Crippen LogP contribution in [0.25, 0.3) is 0 Å². The number of hydrogen-bond donors (Lipinski definition) is 0. The van der Waals surface area contributed by atoms with E-state index in [0.29, 0.717) is 5.75 Å². The van der Waals surface area contributed by atoms with E-state index in [1.54, 1.807) is 6.07 Å². The first-order valence-electron chi connectivity index (χ1n) is 4.90. The largest absolute Gasteiger partial charge is 0.428 e. The van der Waals surface area contributed by atoms with Gasteiger partial charge in [-0.15, -0.1) is 0 Å². The first-order valence-corrected chi connectivity index (χ1v) is 8.33. The molecule has 0 unspecified atom stereocenters. The van der Waals surface area contributed by atoms with Crippen molar-refractivity contribution in [2.45, 2.75) is 33.1 Å². The van der Waals surface area contributed by atoms with Gasteiger partial charge in [0.1, 0.15) is 5.75 Å². The predicted molar refractivity (Wildman–Crippen MR) is 69.8 cm³/mol. The summed E-state index contributed by atoms with van der Waals surface area (Å²) in [7, 11) is 0. The Balaban J connectivity index is 3.24. The lowest BCUT2D eigenvalue weighted by molar-refractivity contribution is 0.493. The van der Waals surface area contributed by atoms with Gasteiger partial charge in [0.2, 0.25) is 0 Å². The average Bonchev–Trinajstić information content (AvgIpc) is 2.04. The fourth-order valence-electron chi connectivity index (χ4n) is 1.42. The van der Waals surface area contributed by atoms with E-state index in [9.17, 15) is 4.57 Å². The van der Waals surface area contributed by atoms with Gasteiger partial charge in [-0.2, -0.15) is 0 Å². The van der Waals surface area contributed by atoms with E-state index < -0.39 is 6.07 Å². The second-order valence-electron chi connectivity index (χ2n) is 4.76. The molecule has 16 heavy (non-hydrogen) atoms. The van der Waals surface area contributed by atoms with Gasteiger partial charge in [-0.1, -0.05) is 38.5 Å². The monoisotopic (exact) mass is 280 g/mol. The van der Waals surface area contributed by atoms with Crippen molar-refractivity contribution in [3.05, 3.63) is 29.3 Å². The van der Waals surface area contributed by atoms with Crippen LogP contribution >= 0.6 is 28.6 Å². The van der Waals surface area contributed by atoms with E-state index in [4.69, 9.17) is 27.0 Å². The molecular formula is C11H15Cl2O2P. The molecule has 1 rings (SSSR count). The average molecular weight is 281 g/mol. The lowest BCUT2D eigenvalue weighted by atomic mass is 9.85. The Morgan fingerprint density at radius 3 is 2.25 bits per heavy atom. The molecule has 0 spiro atoms. The summed E-state index contributed by atoms with van der Waals surface area (Å²) in [5.74, 6) is 0.478. The molecule has 0 fully saturated rings. The highest BCUT2D eigenvalue weighted by molar-refractivity contribution is 8.05. The van der Waals surface area contributed by atoms with Crippen LogP contribution in [0.5, 0.6) is 5.75 Å². The van der Waals surface area contributed by atoms with Gasteiger partial charge in [0.15, 0.2) is 0 Å². The minimum Gasteiger partial charge on any atom is -0.422 e. The highest BCUT2D eigenvalue weighted by atomic mass is 35.9. The molecule has 0 aliphatic heterocycles. The third-order valence-corrected chi connectivity index (χ3v) is 2.97. The van der Waals surface area contributed by atoms with Gasteiger partial charge in [-0.05, 0) is 18.4 Å². The summed E-state index contributed by atoms with van der Waals surface area (Å²) in [6, 6.07) is 5.60. The maximum absolute atomic E-state index is 11.3. The normalized spacial score (nSPS) is 12.6. The maximum atomic E-state index is 11.3. The SMILES string of the molecule is Cc1ccc(OP(=O)(Cl)Cl)c(C(C)(C)C)c1. The summed E-state index contributed by atoms with van der Waals surface area (Å²) < 4.78 is 16.4. The number of aryl methyl sites for hydroxylation is 1. The van der Waals surface area contributed by atoms with E-state index >= 15 is 0 Å². The summed E-state index contributed by atoms with van der Waals surface area (Å²) in [5, 5.41) is 0. The van der Waals surface area contributed by atoms with Crippen LogP contribution in [-0.4, -0.2) is 0 Å². The first kappa shape index (κ1) is 13.9. The van der Waals surface area contributed by atoms with Gasteiger partial charge in [0.25, 0.3) is 0 Å². The second-order valence-corrected chi connectivity index (χ2v) is 8.96. The molecule has 0 N–H and O–H groups in total. The Morgan fingerprint density at radius 2 is 1.81 bits per heavy atom. The Morgan fingerprint density at radius 1 is 1.25 bits per heavy atom. The fourth-order valence-corrected chi connectivity index (χ4v) is 2.26. The smallest absolute Gasteiger partial charge is 0.422 e. The molecule has 0 saturated carbocycles. The van der Waals surface area contributed by atoms with Crippen LogP contribution in [0.3, 0.4) is 0 Å². The van der Waals surface area contributed by atoms with Crippen LogP contribution in [0.15, 0.2) is 18.2 Å². The van der Waals surface area contributed by atoms with Gasteiger partial charge in [-0.3, -0.25) is 0 Å². The molecule has 2 nitrogen and oxygen atoms in total. The standard InChI is InChI=1S/C11H15Cl2O2P/c1-8-5-6-10(15-16(12,13)14)9(7-8)11(2,3)4/h5-7H,1-4H3. The lowest BCUT2D eigenvalue weighted by Crippen LogP contribution is -2.12. The zero-order valence-corrected chi connectivity index (χ0v) is 12.2. The van der Waals surface area contributed by atoms with E-state index in [2.05, 4.69) is 0 Å². The lowest BCUT2D eigenvalue weighted by Gasteiger charge is -2.23. The van der Waals surface area contributed by atoms with E-state index in [0.717, 1.165) is 11.1 Å². The van der Waals surface area contributed by atoms with Gasteiger partial charge in [-0.25, -0.2) is 4.57 Å². The molecular weight excluding hydrogens is 266 g/mol. The van der Waals surface area contributed by atoms with Gasteiger partial charge >= 0.3 is 6.07 Å². The van der Waals surface area contributed by atoms with Crippen molar-refractivity contribution in [1.82, 2.24) is 0 Å². The maximum Gasteiger partial charge on any atom is 0.428 e. The number of halogens is 2. The minimum atomic E-state index is -3.55. The quantitative estimate of drug-likeness (QED) is 0.691. The highest BCUT2D eigenvalue weighted by Crippen LogP contribution is 2.58. The van der Waals surface area contributed by atoms with Crippen LogP contribution in [0.4, 0.5) is 0 Å². The van der Waals surface area contributed by atoms with E-state index in [-0.39, 0.29) is 5.41 Å². The minimum absolute atomic E-state index is 0.121. The van der Waals surface area contributed by atoms with Crippen LogP contribution in [0.2, 0.25) is 0 Å². The molecule has 1 aromatic rings. The number of rotatable bonds is 2. The molecule has 0 atom stereocenters. The number of hydrogen-bond acceptors (Lipinski definition) is 2. The molecule has 0 saturated heterocycles. The molecule has 0 radical (unpaired) electrons. The van der Waals surface area contributed by atoms with Gasteiger partial charge in [0, 0.05) is 28.0 Å². The molecule has 0 aromatic heterocycles. The van der Waals surface area contributed by atoms with Crippen molar-refractivity contribution in [1.29, 1.82) is 0 Å². The van der Waals surface area contributed by atoms with Gasteiger partial charge < -0.3 is 4.52 Å². The second kappa shape index (κ2) is 4.60. The Hall–Kier alpha value is -0.170. The third kappa shape index (κ3) is 4.01. The molecule has 0 heterocycles. The molecule has 0 bridgehead atoms. The van der Waals surface area contributed by atoms with Crippen LogP contribution in [0, 0.1) is 6.92 Å². The Labute approximate surface area is 106 Å². The zero-order chi connectivity index (χ0) is 12.6.